The summed E-state index contributed by atoms with van der Waals surface area (Å²) in [7, 11) is 0. The van der Waals surface area contributed by atoms with Gasteiger partial charge in [-0.2, -0.15) is 0 Å². The highest BCUT2D eigenvalue weighted by Crippen LogP contribution is 2.38. The lowest BCUT2D eigenvalue weighted by Crippen LogP contribution is -2.37. The van der Waals surface area contributed by atoms with Gasteiger partial charge in [0, 0.05) is 26.1 Å². The molecule has 0 aromatic carbocycles. The minimum absolute atomic E-state index is 0.262. The maximum absolute atomic E-state index is 12.6. The first-order valence-corrected chi connectivity index (χ1v) is 11.4. The van der Waals surface area contributed by atoms with Crippen molar-refractivity contribution in [3.8, 4) is 0 Å². The zero-order valence-electron chi connectivity index (χ0n) is 19.6. The topological polar surface area (TPSA) is 68.3 Å². The van der Waals surface area contributed by atoms with Crippen LogP contribution in [-0.2, 0) is 14.2 Å². The Bertz CT molecular complexity index is 803. The second-order valence-electron chi connectivity index (χ2n) is 9.04. The van der Waals surface area contributed by atoms with Gasteiger partial charge in [-0.25, -0.2) is 9.59 Å². The smallest absolute Gasteiger partial charge is 0.414 e. The van der Waals surface area contributed by atoms with Gasteiger partial charge in [0.25, 0.3) is 0 Å². The van der Waals surface area contributed by atoms with Crippen molar-refractivity contribution in [3.63, 3.8) is 0 Å². The van der Waals surface area contributed by atoms with E-state index in [2.05, 4.69) is 13.0 Å². The molecule has 1 fully saturated rings. The van der Waals surface area contributed by atoms with Crippen LogP contribution in [-0.4, -0.2) is 60.4 Å². The Morgan fingerprint density at radius 3 is 2.52 bits per heavy atom. The highest BCUT2D eigenvalue weighted by atomic mass is 16.6. The standard InChI is InChI=1S/C24H36N2O5/c1-6-18-19-12-15-25(22(27)31-24(3,4)5)14-11-17(19)9-10-20-21(18)30-16-8-13-26(20)23(28)29-7-2/h9H,6-8,10-16H2,1-5H3. The van der Waals surface area contributed by atoms with Crippen molar-refractivity contribution in [3.05, 3.63) is 34.3 Å². The van der Waals surface area contributed by atoms with Crippen LogP contribution in [0.4, 0.5) is 9.59 Å². The molecule has 172 valence electrons. The summed E-state index contributed by atoms with van der Waals surface area (Å²) in [6.45, 7) is 12.4. The van der Waals surface area contributed by atoms with Crippen molar-refractivity contribution >= 4 is 12.2 Å². The third-order valence-electron chi connectivity index (χ3n) is 5.70. The first-order valence-electron chi connectivity index (χ1n) is 11.4. The molecule has 1 aliphatic carbocycles. The monoisotopic (exact) mass is 432 g/mol. The summed E-state index contributed by atoms with van der Waals surface area (Å²) in [4.78, 5) is 28.8. The second-order valence-corrected chi connectivity index (χ2v) is 9.04. The maximum atomic E-state index is 12.6. The van der Waals surface area contributed by atoms with Gasteiger partial charge < -0.3 is 19.1 Å². The van der Waals surface area contributed by atoms with E-state index in [9.17, 15) is 9.59 Å². The van der Waals surface area contributed by atoms with Gasteiger partial charge >= 0.3 is 12.2 Å². The molecule has 0 unspecified atom stereocenters. The minimum atomic E-state index is -0.509. The van der Waals surface area contributed by atoms with E-state index in [4.69, 9.17) is 14.2 Å². The fourth-order valence-corrected chi connectivity index (χ4v) is 4.34. The molecule has 3 aliphatic rings. The van der Waals surface area contributed by atoms with Gasteiger partial charge in [-0.1, -0.05) is 13.0 Å². The maximum Gasteiger partial charge on any atom is 0.414 e. The van der Waals surface area contributed by atoms with Crippen LogP contribution in [0.2, 0.25) is 0 Å². The van der Waals surface area contributed by atoms with E-state index in [1.807, 2.05) is 27.7 Å². The molecule has 7 heteroatoms. The zero-order chi connectivity index (χ0) is 22.6. The van der Waals surface area contributed by atoms with E-state index in [0.717, 1.165) is 42.7 Å². The lowest BCUT2D eigenvalue weighted by atomic mass is 9.94. The first kappa shape index (κ1) is 23.2. The number of amides is 2. The molecule has 0 saturated carbocycles. The van der Waals surface area contributed by atoms with Gasteiger partial charge in [-0.15, -0.1) is 0 Å². The summed E-state index contributed by atoms with van der Waals surface area (Å²) in [5.74, 6) is 0.819. The van der Waals surface area contributed by atoms with E-state index in [0.29, 0.717) is 39.3 Å². The Balaban J connectivity index is 1.92. The molecule has 2 amide bonds. The quantitative estimate of drug-likeness (QED) is 0.604. The van der Waals surface area contributed by atoms with Crippen LogP contribution in [0.3, 0.4) is 0 Å². The molecule has 3 rings (SSSR count). The summed E-state index contributed by atoms with van der Waals surface area (Å²) >= 11 is 0. The lowest BCUT2D eigenvalue weighted by molar-refractivity contribution is 0.0260. The molecule has 0 atom stereocenters. The third kappa shape index (κ3) is 5.43. The van der Waals surface area contributed by atoms with Crippen molar-refractivity contribution < 1.29 is 23.8 Å². The third-order valence-corrected chi connectivity index (χ3v) is 5.70. The Morgan fingerprint density at radius 1 is 1.10 bits per heavy atom. The number of allylic oxidation sites excluding steroid dienone is 2. The van der Waals surface area contributed by atoms with Crippen LogP contribution < -0.4 is 0 Å². The average Bonchev–Trinajstić information content (AvgIpc) is 3.08. The number of hydrogen-bond acceptors (Lipinski definition) is 5. The number of rotatable bonds is 2. The van der Waals surface area contributed by atoms with E-state index < -0.39 is 5.60 Å². The number of carbonyl (C=O) groups is 2. The molecule has 0 bridgehead atoms. The van der Waals surface area contributed by atoms with Gasteiger partial charge in [0.2, 0.25) is 0 Å². The summed E-state index contributed by atoms with van der Waals surface area (Å²) in [5, 5.41) is 0. The van der Waals surface area contributed by atoms with Crippen LogP contribution >= 0.6 is 0 Å². The number of carbonyl (C=O) groups excluding carboxylic acids is 2. The van der Waals surface area contributed by atoms with Crippen molar-refractivity contribution in [2.75, 3.05) is 32.8 Å². The van der Waals surface area contributed by atoms with Gasteiger partial charge in [0.05, 0.1) is 18.9 Å². The molecule has 0 spiro atoms. The number of ether oxygens (including phenoxy) is 3. The summed E-state index contributed by atoms with van der Waals surface area (Å²) in [5.41, 5.74) is 4.00. The molecule has 31 heavy (non-hydrogen) atoms. The predicted molar refractivity (Wildman–Crippen MR) is 118 cm³/mol. The van der Waals surface area contributed by atoms with E-state index in [-0.39, 0.29) is 12.2 Å². The molecular weight excluding hydrogens is 396 g/mol. The van der Waals surface area contributed by atoms with E-state index in [1.54, 1.807) is 9.80 Å². The normalized spacial score (nSPS) is 20.0. The molecule has 7 nitrogen and oxygen atoms in total. The molecule has 0 N–H and O–H groups in total. The highest BCUT2D eigenvalue weighted by molar-refractivity contribution is 5.71. The predicted octanol–water partition coefficient (Wildman–Crippen LogP) is 5.14. The zero-order valence-corrected chi connectivity index (χ0v) is 19.6. The number of hydrogen-bond donors (Lipinski definition) is 0. The molecule has 1 saturated heterocycles. The summed E-state index contributed by atoms with van der Waals surface area (Å²) in [6.07, 6.45) is 5.32. The van der Waals surface area contributed by atoms with Gasteiger partial charge in [-0.05, 0) is 70.1 Å². The first-order chi connectivity index (χ1) is 14.7. The van der Waals surface area contributed by atoms with Crippen molar-refractivity contribution in [2.45, 2.75) is 72.3 Å². The fourth-order valence-electron chi connectivity index (χ4n) is 4.34. The van der Waals surface area contributed by atoms with Crippen LogP contribution in [0.1, 0.15) is 66.7 Å². The molecule has 0 aromatic rings. The van der Waals surface area contributed by atoms with Gasteiger partial charge in [0.1, 0.15) is 11.4 Å². The second kappa shape index (κ2) is 9.79. The Morgan fingerprint density at radius 2 is 1.84 bits per heavy atom. The Kier molecular flexibility index (Phi) is 7.34. The van der Waals surface area contributed by atoms with E-state index in [1.165, 1.54) is 11.1 Å². The molecule has 0 radical (unpaired) electrons. The number of nitrogens with zero attached hydrogens (tertiary/aromatic N) is 2. The SMILES string of the molecule is CCOC(=O)N1CCCOC2=C1CC=C1CCN(C(=O)OC(C)(C)C)CCC1=C2CC. The van der Waals surface area contributed by atoms with Crippen molar-refractivity contribution in [1.82, 2.24) is 9.80 Å². The van der Waals surface area contributed by atoms with Crippen LogP contribution in [0.5, 0.6) is 0 Å². The van der Waals surface area contributed by atoms with Gasteiger partial charge in [0.15, 0.2) is 0 Å². The van der Waals surface area contributed by atoms with Crippen LogP contribution in [0, 0.1) is 0 Å². The van der Waals surface area contributed by atoms with Crippen molar-refractivity contribution in [1.29, 1.82) is 0 Å². The van der Waals surface area contributed by atoms with Crippen LogP contribution in [0.25, 0.3) is 0 Å². The fraction of sp³-hybridized carbons (Fsp3) is 0.667. The molecular formula is C24H36N2O5. The van der Waals surface area contributed by atoms with E-state index >= 15 is 0 Å². The Hall–Kier alpha value is -2.44. The average molecular weight is 433 g/mol. The molecule has 2 heterocycles. The lowest BCUT2D eigenvalue weighted by Gasteiger charge is -2.26. The molecule has 2 aliphatic heterocycles. The summed E-state index contributed by atoms with van der Waals surface area (Å²) in [6, 6.07) is 0. The minimum Gasteiger partial charge on any atom is -0.491 e. The number of likely N-dealkylation sites (tertiary alicyclic amines) is 1. The Labute approximate surface area is 185 Å². The molecule has 0 aromatic heterocycles. The highest BCUT2D eigenvalue weighted by Gasteiger charge is 2.32. The summed E-state index contributed by atoms with van der Waals surface area (Å²) < 4.78 is 17.1. The van der Waals surface area contributed by atoms with Gasteiger partial charge in [-0.3, -0.25) is 4.90 Å². The number of fused-ring (bicyclic) bond motifs is 1. The largest absolute Gasteiger partial charge is 0.491 e. The van der Waals surface area contributed by atoms with Crippen molar-refractivity contribution in [2.24, 2.45) is 0 Å². The van der Waals surface area contributed by atoms with Crippen LogP contribution in [0.15, 0.2) is 34.3 Å².